The molecule has 1 fully saturated rings. The maximum absolute atomic E-state index is 5.78. The number of pyridine rings is 1. The molecule has 1 aliphatic rings. The van der Waals surface area contributed by atoms with Crippen LogP contribution in [-0.4, -0.2) is 17.1 Å². The standard InChI is InChI=1S/C17H28N2O/c1-12(2)20-17-15(8-6-10-18-17)11-19-16-9-5-7-13(3)14(16)4/h6,8,10,12-14,16,19H,5,7,9,11H2,1-4H3. The second-order valence-electron chi connectivity index (χ2n) is 6.39. The Hall–Kier alpha value is -1.09. The van der Waals surface area contributed by atoms with E-state index in [0.717, 1.165) is 29.8 Å². The highest BCUT2D eigenvalue weighted by Crippen LogP contribution is 2.30. The minimum atomic E-state index is 0.164. The molecule has 0 aromatic carbocycles. The predicted molar refractivity (Wildman–Crippen MR) is 82.8 cm³/mol. The van der Waals surface area contributed by atoms with Crippen molar-refractivity contribution in [1.82, 2.24) is 10.3 Å². The van der Waals surface area contributed by atoms with Crippen molar-refractivity contribution in [3.63, 3.8) is 0 Å². The van der Waals surface area contributed by atoms with Gasteiger partial charge in [0.1, 0.15) is 0 Å². The molecule has 3 nitrogen and oxygen atoms in total. The van der Waals surface area contributed by atoms with E-state index in [9.17, 15) is 0 Å². The van der Waals surface area contributed by atoms with Crippen LogP contribution in [0.1, 0.15) is 52.5 Å². The van der Waals surface area contributed by atoms with Gasteiger partial charge in [0.15, 0.2) is 0 Å². The van der Waals surface area contributed by atoms with Gasteiger partial charge in [0.25, 0.3) is 0 Å². The molecule has 1 aromatic rings. The van der Waals surface area contributed by atoms with Gasteiger partial charge in [0, 0.05) is 24.3 Å². The van der Waals surface area contributed by atoms with E-state index in [1.807, 2.05) is 19.9 Å². The molecule has 1 saturated carbocycles. The minimum absolute atomic E-state index is 0.164. The molecule has 1 aliphatic carbocycles. The van der Waals surface area contributed by atoms with E-state index in [1.54, 1.807) is 6.20 Å². The summed E-state index contributed by atoms with van der Waals surface area (Å²) in [6, 6.07) is 4.71. The molecule has 112 valence electrons. The largest absolute Gasteiger partial charge is 0.475 e. The first-order chi connectivity index (χ1) is 9.58. The van der Waals surface area contributed by atoms with E-state index in [-0.39, 0.29) is 6.10 Å². The van der Waals surface area contributed by atoms with Crippen LogP contribution in [0.5, 0.6) is 5.88 Å². The first-order valence-electron chi connectivity index (χ1n) is 7.92. The Morgan fingerprint density at radius 3 is 2.90 bits per heavy atom. The molecule has 0 amide bonds. The fourth-order valence-corrected chi connectivity index (χ4v) is 3.00. The first kappa shape index (κ1) is 15.3. The SMILES string of the molecule is CC(C)Oc1ncccc1CNC1CCCC(C)C1C. The highest BCUT2D eigenvalue weighted by molar-refractivity contribution is 5.25. The van der Waals surface area contributed by atoms with Crippen LogP contribution in [0.25, 0.3) is 0 Å². The van der Waals surface area contributed by atoms with E-state index in [0.29, 0.717) is 6.04 Å². The molecule has 3 heteroatoms. The van der Waals surface area contributed by atoms with E-state index < -0.39 is 0 Å². The highest BCUT2D eigenvalue weighted by Gasteiger charge is 2.26. The summed E-state index contributed by atoms with van der Waals surface area (Å²) in [4.78, 5) is 4.35. The molecule has 20 heavy (non-hydrogen) atoms. The van der Waals surface area contributed by atoms with Gasteiger partial charge in [-0.3, -0.25) is 0 Å². The lowest BCUT2D eigenvalue weighted by Gasteiger charge is -2.34. The normalized spacial score (nSPS) is 26.8. The highest BCUT2D eigenvalue weighted by atomic mass is 16.5. The van der Waals surface area contributed by atoms with Crippen molar-refractivity contribution < 1.29 is 4.74 Å². The van der Waals surface area contributed by atoms with Crippen molar-refractivity contribution in [3.8, 4) is 5.88 Å². The maximum atomic E-state index is 5.78. The number of nitrogens with one attached hydrogen (secondary N) is 1. The number of nitrogens with zero attached hydrogens (tertiary/aromatic N) is 1. The number of aromatic nitrogens is 1. The van der Waals surface area contributed by atoms with Crippen molar-refractivity contribution in [3.05, 3.63) is 23.9 Å². The Morgan fingerprint density at radius 1 is 1.35 bits per heavy atom. The third-order valence-corrected chi connectivity index (χ3v) is 4.46. The van der Waals surface area contributed by atoms with E-state index >= 15 is 0 Å². The fourth-order valence-electron chi connectivity index (χ4n) is 3.00. The zero-order valence-electron chi connectivity index (χ0n) is 13.2. The van der Waals surface area contributed by atoms with E-state index in [2.05, 4.69) is 30.2 Å². The Morgan fingerprint density at radius 2 is 2.15 bits per heavy atom. The van der Waals surface area contributed by atoms with Gasteiger partial charge in [-0.25, -0.2) is 4.98 Å². The molecule has 3 unspecified atom stereocenters. The van der Waals surface area contributed by atoms with Crippen molar-refractivity contribution in [2.24, 2.45) is 11.8 Å². The number of ether oxygens (including phenoxy) is 1. The Labute approximate surface area is 123 Å². The number of hydrogen-bond acceptors (Lipinski definition) is 3. The molecule has 2 rings (SSSR count). The molecule has 0 saturated heterocycles. The lowest BCUT2D eigenvalue weighted by Crippen LogP contribution is -2.40. The zero-order chi connectivity index (χ0) is 14.5. The summed E-state index contributed by atoms with van der Waals surface area (Å²) in [5, 5.41) is 3.71. The van der Waals surface area contributed by atoms with Gasteiger partial charge in [-0.15, -0.1) is 0 Å². The lowest BCUT2D eigenvalue weighted by molar-refractivity contribution is 0.202. The predicted octanol–water partition coefficient (Wildman–Crippen LogP) is 3.78. The molecule has 0 radical (unpaired) electrons. The molecule has 0 spiro atoms. The van der Waals surface area contributed by atoms with Crippen LogP contribution in [0.15, 0.2) is 18.3 Å². The number of rotatable bonds is 5. The van der Waals surface area contributed by atoms with E-state index in [4.69, 9.17) is 4.74 Å². The van der Waals surface area contributed by atoms with Crippen molar-refractivity contribution in [1.29, 1.82) is 0 Å². The molecule has 0 bridgehead atoms. The maximum Gasteiger partial charge on any atom is 0.218 e. The average Bonchev–Trinajstić information content (AvgIpc) is 2.41. The van der Waals surface area contributed by atoms with E-state index in [1.165, 1.54) is 19.3 Å². The quantitative estimate of drug-likeness (QED) is 0.888. The summed E-state index contributed by atoms with van der Waals surface area (Å²) in [5.74, 6) is 2.34. The topological polar surface area (TPSA) is 34.1 Å². The first-order valence-corrected chi connectivity index (χ1v) is 7.92. The number of hydrogen-bond donors (Lipinski definition) is 1. The molecule has 1 N–H and O–H groups in total. The van der Waals surface area contributed by atoms with Crippen LogP contribution in [0.2, 0.25) is 0 Å². The summed E-state index contributed by atoms with van der Waals surface area (Å²) in [6.45, 7) is 9.66. The molecular weight excluding hydrogens is 248 g/mol. The van der Waals surface area contributed by atoms with Crippen LogP contribution in [-0.2, 0) is 6.54 Å². The summed E-state index contributed by atoms with van der Waals surface area (Å²) < 4.78 is 5.78. The van der Waals surface area contributed by atoms with Crippen LogP contribution in [0, 0.1) is 11.8 Å². The lowest BCUT2D eigenvalue weighted by atomic mass is 9.78. The summed E-state index contributed by atoms with van der Waals surface area (Å²) >= 11 is 0. The third kappa shape index (κ3) is 3.95. The van der Waals surface area contributed by atoms with Gasteiger partial charge in [-0.2, -0.15) is 0 Å². The van der Waals surface area contributed by atoms with Gasteiger partial charge in [0.2, 0.25) is 5.88 Å². The summed E-state index contributed by atoms with van der Waals surface area (Å²) in [7, 11) is 0. The molecule has 3 atom stereocenters. The third-order valence-electron chi connectivity index (χ3n) is 4.46. The minimum Gasteiger partial charge on any atom is -0.475 e. The smallest absolute Gasteiger partial charge is 0.218 e. The summed E-state index contributed by atoms with van der Waals surface area (Å²) in [5.41, 5.74) is 1.16. The van der Waals surface area contributed by atoms with Crippen LogP contribution in [0.4, 0.5) is 0 Å². The fraction of sp³-hybridized carbons (Fsp3) is 0.706. The van der Waals surface area contributed by atoms with Gasteiger partial charge in [0.05, 0.1) is 6.10 Å². The zero-order valence-corrected chi connectivity index (χ0v) is 13.2. The van der Waals surface area contributed by atoms with Crippen LogP contribution in [0.3, 0.4) is 0 Å². The molecule has 0 aliphatic heterocycles. The van der Waals surface area contributed by atoms with Crippen LogP contribution < -0.4 is 10.1 Å². The second kappa shape index (κ2) is 7.07. The monoisotopic (exact) mass is 276 g/mol. The van der Waals surface area contributed by atoms with Crippen molar-refractivity contribution in [2.75, 3.05) is 0 Å². The van der Waals surface area contributed by atoms with Crippen molar-refractivity contribution >= 4 is 0 Å². The van der Waals surface area contributed by atoms with Gasteiger partial charge in [-0.1, -0.05) is 32.8 Å². The van der Waals surface area contributed by atoms with Gasteiger partial charge in [-0.05, 0) is 38.2 Å². The van der Waals surface area contributed by atoms with Crippen molar-refractivity contribution in [2.45, 2.75) is 65.6 Å². The van der Waals surface area contributed by atoms with Crippen LogP contribution >= 0.6 is 0 Å². The molecule has 1 heterocycles. The van der Waals surface area contributed by atoms with Gasteiger partial charge < -0.3 is 10.1 Å². The molecule has 1 aromatic heterocycles. The second-order valence-corrected chi connectivity index (χ2v) is 6.39. The van der Waals surface area contributed by atoms with Gasteiger partial charge >= 0.3 is 0 Å². The summed E-state index contributed by atoms with van der Waals surface area (Å²) in [6.07, 6.45) is 5.95. The Bertz CT molecular complexity index is 419. The molecular formula is C17H28N2O. The average molecular weight is 276 g/mol. The Kier molecular flexibility index (Phi) is 5.41. The Balaban J connectivity index is 1.96.